The summed E-state index contributed by atoms with van der Waals surface area (Å²) in [4.78, 5) is 3.59. The molecule has 0 spiro atoms. The van der Waals surface area contributed by atoms with Crippen LogP contribution in [0.1, 0.15) is 5.56 Å². The molecule has 0 amide bonds. The Bertz CT molecular complexity index is 485. The van der Waals surface area contributed by atoms with Crippen molar-refractivity contribution in [1.82, 2.24) is 4.98 Å². The van der Waals surface area contributed by atoms with Gasteiger partial charge in [-0.1, -0.05) is 0 Å². The van der Waals surface area contributed by atoms with Gasteiger partial charge in [0.15, 0.2) is 23.3 Å². The molecule has 2 heterocycles. The first kappa shape index (κ1) is 10.8. The van der Waals surface area contributed by atoms with Crippen LogP contribution in [-0.4, -0.2) is 4.98 Å². The van der Waals surface area contributed by atoms with Gasteiger partial charge in [0.25, 0.3) is 0 Å². The van der Waals surface area contributed by atoms with E-state index in [1.807, 2.05) is 16.8 Å². The number of pyridine rings is 1. The van der Waals surface area contributed by atoms with Crippen molar-refractivity contribution in [2.75, 3.05) is 11.1 Å². The maximum Gasteiger partial charge on any atom is 0.168 e. The van der Waals surface area contributed by atoms with E-state index >= 15 is 0 Å². The van der Waals surface area contributed by atoms with Crippen molar-refractivity contribution in [3.8, 4) is 0 Å². The molecule has 0 unspecified atom stereocenters. The largest absolute Gasteiger partial charge is 0.381 e. The number of nitrogens with two attached hydrogens (primary N) is 1. The van der Waals surface area contributed by atoms with E-state index in [-0.39, 0.29) is 11.6 Å². The average Bonchev–Trinajstić information content (AvgIpc) is 2.74. The predicted octanol–water partition coefficient (Wildman–Crippen LogP) is 2.62. The van der Waals surface area contributed by atoms with Crippen LogP contribution in [0.3, 0.4) is 0 Å². The second-order valence-electron chi connectivity index (χ2n) is 3.17. The minimum atomic E-state index is -0.849. The number of nitrogen functional groups attached to an aromatic ring is 1. The van der Waals surface area contributed by atoms with Crippen molar-refractivity contribution < 1.29 is 8.78 Å². The number of nitrogens with one attached hydrogen (secondary N) is 1. The smallest absolute Gasteiger partial charge is 0.168 e. The lowest BCUT2D eigenvalue weighted by molar-refractivity contribution is 0.579. The van der Waals surface area contributed by atoms with Crippen LogP contribution in [-0.2, 0) is 6.54 Å². The first-order valence-corrected chi connectivity index (χ1v) is 5.47. The maximum absolute atomic E-state index is 13.2. The molecule has 0 aliphatic heterocycles. The topological polar surface area (TPSA) is 50.9 Å². The molecule has 2 aromatic rings. The Morgan fingerprint density at radius 3 is 2.88 bits per heavy atom. The Labute approximate surface area is 94.9 Å². The number of thiophene rings is 1. The summed E-state index contributed by atoms with van der Waals surface area (Å²) in [5, 5.41) is 6.60. The predicted molar refractivity (Wildman–Crippen MR) is 60.2 cm³/mol. The lowest BCUT2D eigenvalue weighted by atomic mass is 10.3. The third-order valence-corrected chi connectivity index (χ3v) is 2.73. The van der Waals surface area contributed by atoms with Crippen LogP contribution in [0.5, 0.6) is 0 Å². The second kappa shape index (κ2) is 4.44. The zero-order valence-corrected chi connectivity index (χ0v) is 9.02. The molecule has 0 aliphatic rings. The molecule has 0 bridgehead atoms. The van der Waals surface area contributed by atoms with E-state index in [1.54, 1.807) is 11.3 Å². The molecule has 2 rings (SSSR count). The highest BCUT2D eigenvalue weighted by atomic mass is 32.1. The van der Waals surface area contributed by atoms with Gasteiger partial charge in [-0.15, -0.1) is 0 Å². The minimum Gasteiger partial charge on any atom is -0.381 e. The number of anilines is 2. The van der Waals surface area contributed by atoms with Gasteiger partial charge in [0.05, 0.1) is 0 Å². The fraction of sp³-hybridized carbons (Fsp3) is 0.100. The molecule has 84 valence electrons. The number of hydrogen-bond donors (Lipinski definition) is 2. The lowest BCUT2D eigenvalue weighted by Gasteiger charge is -2.06. The highest BCUT2D eigenvalue weighted by Gasteiger charge is 2.09. The number of rotatable bonds is 3. The molecular weight excluding hydrogens is 232 g/mol. The molecule has 2 aromatic heterocycles. The van der Waals surface area contributed by atoms with Crippen molar-refractivity contribution in [2.24, 2.45) is 0 Å². The van der Waals surface area contributed by atoms with Gasteiger partial charge in [-0.05, 0) is 22.4 Å². The summed E-state index contributed by atoms with van der Waals surface area (Å²) < 4.78 is 26.1. The zero-order chi connectivity index (χ0) is 11.5. The SMILES string of the molecule is Nc1nc(NCc2ccsc2)c(F)cc1F. The first-order chi connectivity index (χ1) is 7.66. The van der Waals surface area contributed by atoms with Crippen LogP contribution in [0.4, 0.5) is 20.4 Å². The van der Waals surface area contributed by atoms with Gasteiger partial charge in [-0.25, -0.2) is 13.8 Å². The van der Waals surface area contributed by atoms with Crippen molar-refractivity contribution in [1.29, 1.82) is 0 Å². The minimum absolute atomic E-state index is 0.0369. The fourth-order valence-electron chi connectivity index (χ4n) is 1.18. The van der Waals surface area contributed by atoms with Crippen LogP contribution in [0.15, 0.2) is 22.9 Å². The van der Waals surface area contributed by atoms with Crippen molar-refractivity contribution in [2.45, 2.75) is 6.54 Å². The molecular formula is C10H9F2N3S. The van der Waals surface area contributed by atoms with E-state index in [1.165, 1.54) is 0 Å². The normalized spacial score (nSPS) is 10.4. The monoisotopic (exact) mass is 241 g/mol. The van der Waals surface area contributed by atoms with E-state index in [4.69, 9.17) is 5.73 Å². The summed E-state index contributed by atoms with van der Waals surface area (Å²) in [7, 11) is 0. The summed E-state index contributed by atoms with van der Waals surface area (Å²) in [6, 6.07) is 2.63. The standard InChI is InChI=1S/C10H9F2N3S/c11-7-3-8(12)10(15-9(7)13)14-4-6-1-2-16-5-6/h1-3,5H,4H2,(H3,13,14,15). The van der Waals surface area contributed by atoms with Crippen LogP contribution in [0.2, 0.25) is 0 Å². The highest BCUT2D eigenvalue weighted by Crippen LogP contribution is 2.17. The van der Waals surface area contributed by atoms with E-state index in [0.29, 0.717) is 6.54 Å². The molecule has 0 fully saturated rings. The Morgan fingerprint density at radius 1 is 1.38 bits per heavy atom. The lowest BCUT2D eigenvalue weighted by Crippen LogP contribution is -2.06. The molecule has 0 aromatic carbocycles. The number of aromatic nitrogens is 1. The van der Waals surface area contributed by atoms with Crippen LogP contribution < -0.4 is 11.1 Å². The Balaban J connectivity index is 2.12. The summed E-state index contributed by atoms with van der Waals surface area (Å²) >= 11 is 1.55. The van der Waals surface area contributed by atoms with Gasteiger partial charge in [0.1, 0.15) is 0 Å². The Morgan fingerprint density at radius 2 is 2.19 bits per heavy atom. The van der Waals surface area contributed by atoms with Crippen LogP contribution in [0, 0.1) is 11.6 Å². The van der Waals surface area contributed by atoms with Crippen molar-refractivity contribution >= 4 is 23.0 Å². The molecule has 0 atom stereocenters. The van der Waals surface area contributed by atoms with Crippen LogP contribution in [0.25, 0.3) is 0 Å². The van der Waals surface area contributed by atoms with E-state index in [0.717, 1.165) is 11.6 Å². The van der Waals surface area contributed by atoms with E-state index < -0.39 is 11.6 Å². The molecule has 16 heavy (non-hydrogen) atoms. The van der Waals surface area contributed by atoms with Crippen molar-refractivity contribution in [3.63, 3.8) is 0 Å². The Hall–Kier alpha value is -1.69. The maximum atomic E-state index is 13.2. The molecule has 0 saturated carbocycles. The Kier molecular flexibility index (Phi) is 3.00. The van der Waals surface area contributed by atoms with Crippen molar-refractivity contribution in [3.05, 3.63) is 40.1 Å². The summed E-state index contributed by atoms with van der Waals surface area (Å²) in [6.45, 7) is 0.429. The summed E-state index contributed by atoms with van der Waals surface area (Å²) in [6.07, 6.45) is 0. The van der Waals surface area contributed by atoms with Gasteiger partial charge in [0.2, 0.25) is 0 Å². The van der Waals surface area contributed by atoms with Gasteiger partial charge >= 0.3 is 0 Å². The van der Waals surface area contributed by atoms with Gasteiger partial charge in [-0.2, -0.15) is 11.3 Å². The molecule has 0 aliphatic carbocycles. The molecule has 0 radical (unpaired) electrons. The van der Waals surface area contributed by atoms with E-state index in [2.05, 4.69) is 10.3 Å². The average molecular weight is 241 g/mol. The molecule has 6 heteroatoms. The number of nitrogens with zero attached hydrogens (tertiary/aromatic N) is 1. The van der Waals surface area contributed by atoms with Gasteiger partial charge in [-0.3, -0.25) is 0 Å². The fourth-order valence-corrected chi connectivity index (χ4v) is 1.85. The quantitative estimate of drug-likeness (QED) is 0.868. The molecule has 3 N–H and O–H groups in total. The van der Waals surface area contributed by atoms with E-state index in [9.17, 15) is 8.78 Å². The number of halogens is 2. The van der Waals surface area contributed by atoms with Gasteiger partial charge < -0.3 is 11.1 Å². The number of hydrogen-bond acceptors (Lipinski definition) is 4. The zero-order valence-electron chi connectivity index (χ0n) is 8.21. The molecule has 0 saturated heterocycles. The second-order valence-corrected chi connectivity index (χ2v) is 3.95. The summed E-state index contributed by atoms with van der Waals surface area (Å²) in [5.41, 5.74) is 6.26. The van der Waals surface area contributed by atoms with Gasteiger partial charge in [0, 0.05) is 12.6 Å². The third kappa shape index (κ3) is 2.27. The first-order valence-electron chi connectivity index (χ1n) is 4.53. The highest BCUT2D eigenvalue weighted by molar-refractivity contribution is 7.07. The summed E-state index contributed by atoms with van der Waals surface area (Å²) in [5.74, 6) is -1.94. The molecule has 3 nitrogen and oxygen atoms in total. The third-order valence-electron chi connectivity index (χ3n) is 2.00. The van der Waals surface area contributed by atoms with Crippen LogP contribution >= 0.6 is 11.3 Å².